The quantitative estimate of drug-likeness (QED) is 0.352. The molecule has 0 aliphatic rings. The van der Waals surface area contributed by atoms with Crippen molar-refractivity contribution in [3.05, 3.63) is 29.3 Å². The van der Waals surface area contributed by atoms with Gasteiger partial charge in [-0.3, -0.25) is 0 Å². The fraction of sp³-hybridized carbons (Fsp3) is 0.467. The third-order valence-electron chi connectivity index (χ3n) is 2.47. The van der Waals surface area contributed by atoms with Crippen LogP contribution in [0.2, 0.25) is 5.02 Å². The van der Waals surface area contributed by atoms with Crippen LogP contribution in [0.15, 0.2) is 29.2 Å². The van der Waals surface area contributed by atoms with E-state index in [0.717, 1.165) is 36.9 Å². The molecule has 0 saturated heterocycles. The zero-order chi connectivity index (χ0) is 17.5. The van der Waals surface area contributed by atoms with E-state index in [1.807, 2.05) is 23.9 Å². The summed E-state index contributed by atoms with van der Waals surface area (Å²) in [6.07, 6.45) is 2.26. The van der Waals surface area contributed by atoms with E-state index in [-0.39, 0.29) is 0 Å². The summed E-state index contributed by atoms with van der Waals surface area (Å²) in [7, 11) is 1.74. The van der Waals surface area contributed by atoms with E-state index in [4.69, 9.17) is 36.1 Å². The number of hydrogen-bond acceptors (Lipinski definition) is 5. The summed E-state index contributed by atoms with van der Waals surface area (Å²) in [5.41, 5.74) is 0. The molecule has 6 nitrogen and oxygen atoms in total. The summed E-state index contributed by atoms with van der Waals surface area (Å²) < 4.78 is 4.98. The summed E-state index contributed by atoms with van der Waals surface area (Å²) in [5, 5.41) is 19.0. The molecule has 1 rings (SSSR count). The minimum atomic E-state index is -1.82. The molecule has 0 unspecified atom stereocenters. The van der Waals surface area contributed by atoms with Gasteiger partial charge in [0.2, 0.25) is 0 Å². The Balaban J connectivity index is 0.000000688. The van der Waals surface area contributed by atoms with Crippen molar-refractivity contribution in [3.8, 4) is 0 Å². The first-order valence-corrected chi connectivity index (χ1v) is 8.38. The molecule has 0 amide bonds. The average molecular weight is 364 g/mol. The van der Waals surface area contributed by atoms with E-state index >= 15 is 0 Å². The lowest BCUT2D eigenvalue weighted by Crippen LogP contribution is -2.18. The van der Waals surface area contributed by atoms with Gasteiger partial charge in [0.25, 0.3) is 0 Å². The van der Waals surface area contributed by atoms with E-state index in [9.17, 15) is 0 Å². The first-order chi connectivity index (χ1) is 11.0. The number of aliphatic carboxylic acids is 2. The maximum atomic E-state index is 9.10. The normalized spacial score (nSPS) is 9.83. The van der Waals surface area contributed by atoms with Gasteiger partial charge in [-0.2, -0.15) is 0 Å². The standard InChI is InChI=1S/C13H20ClNOS.C2H2O4/c1-16-10-2-8-15-9-3-11-17-13-6-4-12(14)5-7-13;3-1(4)2(5)6/h4-7,15H,2-3,8-11H2,1H3;(H,3,4)(H,5,6). The second-order valence-electron chi connectivity index (χ2n) is 4.36. The summed E-state index contributed by atoms with van der Waals surface area (Å²) in [4.78, 5) is 19.5. The Hall–Kier alpha value is -1.28. The Morgan fingerprint density at radius 3 is 2.22 bits per heavy atom. The van der Waals surface area contributed by atoms with Crippen molar-refractivity contribution >= 4 is 35.3 Å². The maximum absolute atomic E-state index is 9.10. The molecule has 0 radical (unpaired) electrons. The number of hydrogen-bond donors (Lipinski definition) is 3. The molecule has 23 heavy (non-hydrogen) atoms. The molecule has 130 valence electrons. The Bertz CT molecular complexity index is 444. The van der Waals surface area contributed by atoms with Crippen molar-refractivity contribution < 1.29 is 24.5 Å². The van der Waals surface area contributed by atoms with E-state index in [1.54, 1.807) is 7.11 Å². The first kappa shape index (κ1) is 21.7. The first-order valence-electron chi connectivity index (χ1n) is 7.01. The fourth-order valence-electron chi connectivity index (χ4n) is 1.38. The fourth-order valence-corrected chi connectivity index (χ4v) is 2.36. The number of ether oxygens (including phenoxy) is 1. The molecular weight excluding hydrogens is 342 g/mol. The predicted molar refractivity (Wildman–Crippen MR) is 91.4 cm³/mol. The van der Waals surface area contributed by atoms with Crippen LogP contribution in [-0.2, 0) is 14.3 Å². The molecule has 0 heterocycles. The molecule has 0 saturated carbocycles. The Labute approximate surface area is 145 Å². The molecule has 0 bridgehead atoms. The van der Waals surface area contributed by atoms with Gasteiger partial charge in [-0.1, -0.05) is 11.6 Å². The van der Waals surface area contributed by atoms with E-state index in [0.29, 0.717) is 0 Å². The van der Waals surface area contributed by atoms with Crippen LogP contribution in [0.4, 0.5) is 0 Å². The molecule has 0 aromatic heterocycles. The Morgan fingerprint density at radius 2 is 1.70 bits per heavy atom. The van der Waals surface area contributed by atoms with Crippen molar-refractivity contribution in [2.75, 3.05) is 32.6 Å². The number of rotatable bonds is 9. The van der Waals surface area contributed by atoms with E-state index in [2.05, 4.69) is 17.4 Å². The zero-order valence-corrected chi connectivity index (χ0v) is 14.5. The Morgan fingerprint density at radius 1 is 1.13 bits per heavy atom. The number of carboxylic acids is 2. The van der Waals surface area contributed by atoms with Crippen LogP contribution in [0.3, 0.4) is 0 Å². The molecular formula is C15H22ClNO5S. The molecule has 1 aromatic rings. The van der Waals surface area contributed by atoms with Crippen LogP contribution in [0.5, 0.6) is 0 Å². The van der Waals surface area contributed by atoms with E-state index in [1.165, 1.54) is 11.3 Å². The number of carbonyl (C=O) groups is 2. The lowest BCUT2D eigenvalue weighted by molar-refractivity contribution is -0.159. The summed E-state index contributed by atoms with van der Waals surface area (Å²) >= 11 is 7.70. The van der Waals surface area contributed by atoms with Gasteiger partial charge < -0.3 is 20.3 Å². The molecule has 0 fully saturated rings. The smallest absolute Gasteiger partial charge is 0.414 e. The number of methoxy groups -OCH3 is 1. The molecule has 0 aliphatic heterocycles. The predicted octanol–water partition coefficient (Wildman–Crippen LogP) is 2.60. The van der Waals surface area contributed by atoms with Crippen molar-refractivity contribution in [1.29, 1.82) is 0 Å². The van der Waals surface area contributed by atoms with Crippen molar-refractivity contribution in [2.24, 2.45) is 0 Å². The highest BCUT2D eigenvalue weighted by atomic mass is 35.5. The van der Waals surface area contributed by atoms with Gasteiger partial charge in [-0.25, -0.2) is 9.59 Å². The van der Waals surface area contributed by atoms with Gasteiger partial charge >= 0.3 is 11.9 Å². The van der Waals surface area contributed by atoms with Gasteiger partial charge in [-0.15, -0.1) is 11.8 Å². The van der Waals surface area contributed by atoms with Crippen LogP contribution in [0, 0.1) is 0 Å². The van der Waals surface area contributed by atoms with Crippen molar-refractivity contribution in [1.82, 2.24) is 5.32 Å². The lowest BCUT2D eigenvalue weighted by atomic mass is 10.4. The minimum absolute atomic E-state index is 0.800. The summed E-state index contributed by atoms with van der Waals surface area (Å²) in [6.45, 7) is 2.95. The van der Waals surface area contributed by atoms with E-state index < -0.39 is 11.9 Å². The van der Waals surface area contributed by atoms with Gasteiger partial charge in [0.15, 0.2) is 0 Å². The van der Waals surface area contributed by atoms with Crippen molar-refractivity contribution in [2.45, 2.75) is 17.7 Å². The number of halogens is 1. The zero-order valence-electron chi connectivity index (χ0n) is 13.0. The topological polar surface area (TPSA) is 95.9 Å². The molecule has 0 aliphatic carbocycles. The molecule has 1 aromatic carbocycles. The van der Waals surface area contributed by atoms with Crippen LogP contribution >= 0.6 is 23.4 Å². The Kier molecular flexibility index (Phi) is 13.5. The number of benzene rings is 1. The third kappa shape index (κ3) is 14.1. The summed E-state index contributed by atoms with van der Waals surface area (Å²) in [6, 6.07) is 8.01. The van der Waals surface area contributed by atoms with Gasteiger partial charge in [0.1, 0.15) is 0 Å². The summed E-state index contributed by atoms with van der Waals surface area (Å²) in [5.74, 6) is -2.51. The lowest BCUT2D eigenvalue weighted by Gasteiger charge is -2.04. The second kappa shape index (κ2) is 14.3. The number of carboxylic acid groups (broad SMARTS) is 2. The average Bonchev–Trinajstić information content (AvgIpc) is 2.52. The maximum Gasteiger partial charge on any atom is 0.414 e. The number of nitrogens with one attached hydrogen (secondary N) is 1. The third-order valence-corrected chi connectivity index (χ3v) is 3.82. The SMILES string of the molecule is COCCCNCCCSc1ccc(Cl)cc1.O=C(O)C(=O)O. The highest BCUT2D eigenvalue weighted by Gasteiger charge is 2.04. The van der Waals surface area contributed by atoms with Gasteiger partial charge in [0, 0.05) is 23.6 Å². The molecule has 0 spiro atoms. The second-order valence-corrected chi connectivity index (χ2v) is 5.97. The van der Waals surface area contributed by atoms with Crippen LogP contribution in [0.25, 0.3) is 0 Å². The monoisotopic (exact) mass is 363 g/mol. The minimum Gasteiger partial charge on any atom is -0.473 e. The van der Waals surface area contributed by atoms with Crippen LogP contribution < -0.4 is 5.32 Å². The number of thioether (sulfide) groups is 1. The molecule has 8 heteroatoms. The van der Waals surface area contributed by atoms with Crippen LogP contribution in [-0.4, -0.2) is 54.7 Å². The van der Waals surface area contributed by atoms with Gasteiger partial charge in [-0.05, 0) is 55.9 Å². The largest absolute Gasteiger partial charge is 0.473 e. The highest BCUT2D eigenvalue weighted by molar-refractivity contribution is 7.99. The van der Waals surface area contributed by atoms with Crippen LogP contribution in [0.1, 0.15) is 12.8 Å². The highest BCUT2D eigenvalue weighted by Crippen LogP contribution is 2.20. The molecule has 3 N–H and O–H groups in total. The van der Waals surface area contributed by atoms with Crippen molar-refractivity contribution in [3.63, 3.8) is 0 Å². The molecule has 0 atom stereocenters. The van der Waals surface area contributed by atoms with Gasteiger partial charge in [0.05, 0.1) is 0 Å².